The van der Waals surface area contributed by atoms with E-state index < -0.39 is 0 Å². The van der Waals surface area contributed by atoms with Gasteiger partial charge in [0.25, 0.3) is 0 Å². The van der Waals surface area contributed by atoms with Gasteiger partial charge in [-0.25, -0.2) is 9.97 Å². The molecule has 0 unspecified atom stereocenters. The average Bonchev–Trinajstić information content (AvgIpc) is 2.65. The Balaban J connectivity index is 0.00000210. The minimum atomic E-state index is 0. The molecular formula is C21H29Cl3N4O. The highest BCUT2D eigenvalue weighted by Crippen LogP contribution is 2.32. The maximum absolute atomic E-state index is 6.17. The molecule has 0 saturated heterocycles. The van der Waals surface area contributed by atoms with Crippen molar-refractivity contribution in [1.82, 2.24) is 14.9 Å². The van der Waals surface area contributed by atoms with Crippen LogP contribution in [-0.4, -0.2) is 49.2 Å². The number of ether oxygens (including phenoxy) is 1. The fraction of sp³-hybridized carbons (Fsp3) is 0.429. The molecule has 5 nitrogen and oxygen atoms in total. The van der Waals surface area contributed by atoms with Crippen molar-refractivity contribution in [1.29, 1.82) is 0 Å². The maximum Gasteiger partial charge on any atom is 0.213 e. The Morgan fingerprint density at radius 3 is 2.45 bits per heavy atom. The minimum Gasteiger partial charge on any atom is -0.481 e. The summed E-state index contributed by atoms with van der Waals surface area (Å²) in [6, 6.07) is 9.57. The van der Waals surface area contributed by atoms with Gasteiger partial charge in [0.15, 0.2) is 0 Å². The molecule has 0 radical (unpaired) electrons. The predicted octanol–water partition coefficient (Wildman–Crippen LogP) is 5.82. The van der Waals surface area contributed by atoms with Gasteiger partial charge in [-0.15, -0.1) is 24.8 Å². The van der Waals surface area contributed by atoms with Gasteiger partial charge in [-0.1, -0.05) is 24.4 Å². The molecule has 0 saturated carbocycles. The number of hydrogen-bond acceptors (Lipinski definition) is 5. The molecule has 3 aromatic rings. The second kappa shape index (κ2) is 12.2. The third kappa shape index (κ3) is 6.75. The van der Waals surface area contributed by atoms with Gasteiger partial charge in [0.05, 0.1) is 23.8 Å². The number of benzene rings is 1. The number of anilines is 1. The molecule has 1 aromatic carbocycles. The van der Waals surface area contributed by atoms with E-state index in [1.165, 1.54) is 19.3 Å². The van der Waals surface area contributed by atoms with E-state index in [1.54, 1.807) is 7.11 Å². The normalized spacial score (nSPS) is 10.7. The quantitative estimate of drug-likeness (QED) is 0.322. The van der Waals surface area contributed by atoms with Gasteiger partial charge in [-0.2, -0.15) is 0 Å². The first-order valence-electron chi connectivity index (χ1n) is 9.41. The van der Waals surface area contributed by atoms with Gasteiger partial charge >= 0.3 is 0 Å². The molecule has 0 spiro atoms. The fourth-order valence-electron chi connectivity index (χ4n) is 3.19. The molecule has 0 amide bonds. The third-order valence-electron chi connectivity index (χ3n) is 4.60. The number of nitrogens with zero attached hydrogens (tertiary/aromatic N) is 3. The summed E-state index contributed by atoms with van der Waals surface area (Å²) < 4.78 is 5.31. The summed E-state index contributed by atoms with van der Waals surface area (Å²) in [5, 5.41) is 5.30. The lowest BCUT2D eigenvalue weighted by Gasteiger charge is -2.14. The Kier molecular flexibility index (Phi) is 10.8. The third-order valence-corrected chi connectivity index (χ3v) is 4.83. The number of hydrogen-bond donors (Lipinski definition) is 1. The molecule has 0 aliphatic heterocycles. The Hall–Kier alpha value is -1.53. The second-order valence-corrected chi connectivity index (χ2v) is 7.45. The number of pyridine rings is 2. The summed E-state index contributed by atoms with van der Waals surface area (Å²) in [4.78, 5) is 11.6. The number of aromatic nitrogens is 2. The minimum absolute atomic E-state index is 0. The van der Waals surface area contributed by atoms with Crippen LogP contribution in [0.5, 0.6) is 5.88 Å². The molecule has 0 bridgehead atoms. The highest BCUT2D eigenvalue weighted by Gasteiger charge is 2.12. The van der Waals surface area contributed by atoms with Gasteiger partial charge in [0.2, 0.25) is 5.88 Å². The Morgan fingerprint density at radius 2 is 1.72 bits per heavy atom. The lowest BCUT2D eigenvalue weighted by Crippen LogP contribution is -2.12. The van der Waals surface area contributed by atoms with E-state index in [0.717, 1.165) is 47.1 Å². The van der Waals surface area contributed by atoms with Crippen LogP contribution in [0.4, 0.5) is 5.69 Å². The van der Waals surface area contributed by atoms with Crippen LogP contribution in [0.15, 0.2) is 30.3 Å². The molecule has 2 aromatic heterocycles. The van der Waals surface area contributed by atoms with Crippen molar-refractivity contribution < 1.29 is 4.74 Å². The Labute approximate surface area is 190 Å². The molecule has 0 aliphatic carbocycles. The molecule has 2 heterocycles. The molecule has 0 fully saturated rings. The van der Waals surface area contributed by atoms with Crippen LogP contribution in [0, 0.1) is 0 Å². The van der Waals surface area contributed by atoms with Crippen LogP contribution in [-0.2, 0) is 0 Å². The molecule has 160 valence electrons. The van der Waals surface area contributed by atoms with Crippen molar-refractivity contribution in [3.8, 4) is 5.88 Å². The first-order chi connectivity index (χ1) is 13.1. The van der Waals surface area contributed by atoms with Crippen molar-refractivity contribution in [2.24, 2.45) is 0 Å². The summed E-state index contributed by atoms with van der Waals surface area (Å²) in [6.07, 6.45) is 4.82. The molecule has 8 heteroatoms. The predicted molar refractivity (Wildman–Crippen MR) is 129 cm³/mol. The summed E-state index contributed by atoms with van der Waals surface area (Å²) >= 11 is 6.17. The van der Waals surface area contributed by atoms with Crippen molar-refractivity contribution in [2.45, 2.75) is 25.7 Å². The molecular weight excluding hydrogens is 431 g/mol. The van der Waals surface area contributed by atoms with E-state index in [1.807, 2.05) is 30.3 Å². The average molecular weight is 460 g/mol. The molecule has 29 heavy (non-hydrogen) atoms. The summed E-state index contributed by atoms with van der Waals surface area (Å²) in [6.45, 7) is 2.05. The zero-order chi connectivity index (χ0) is 19.2. The zero-order valence-corrected chi connectivity index (χ0v) is 19.5. The number of fused-ring (bicyclic) bond motifs is 2. The van der Waals surface area contributed by atoms with E-state index in [2.05, 4.69) is 29.3 Å². The van der Waals surface area contributed by atoms with Crippen molar-refractivity contribution >= 4 is 64.0 Å². The number of rotatable bonds is 9. The number of halogens is 3. The van der Waals surface area contributed by atoms with Crippen LogP contribution in [0.2, 0.25) is 5.02 Å². The smallest absolute Gasteiger partial charge is 0.213 e. The molecule has 0 atom stereocenters. The molecule has 0 aliphatic rings. The van der Waals surface area contributed by atoms with E-state index in [-0.39, 0.29) is 24.8 Å². The van der Waals surface area contributed by atoms with Crippen LogP contribution in [0.3, 0.4) is 0 Å². The number of nitrogens with one attached hydrogen (secondary N) is 1. The molecule has 1 N–H and O–H groups in total. The maximum atomic E-state index is 6.17. The van der Waals surface area contributed by atoms with Crippen LogP contribution >= 0.6 is 36.4 Å². The first-order valence-corrected chi connectivity index (χ1v) is 9.79. The first kappa shape index (κ1) is 25.5. The number of methoxy groups -OCH3 is 1. The summed E-state index contributed by atoms with van der Waals surface area (Å²) in [5.41, 5.74) is 3.53. The largest absolute Gasteiger partial charge is 0.481 e. The van der Waals surface area contributed by atoms with Gasteiger partial charge in [-0.3, -0.25) is 0 Å². The highest BCUT2D eigenvalue weighted by atomic mass is 35.5. The van der Waals surface area contributed by atoms with Gasteiger partial charge in [-0.05, 0) is 57.7 Å². The molecule has 3 rings (SSSR count). The van der Waals surface area contributed by atoms with E-state index in [4.69, 9.17) is 21.3 Å². The topological polar surface area (TPSA) is 50.3 Å². The second-order valence-electron chi connectivity index (χ2n) is 7.01. The standard InChI is InChI=1S/C21H27ClN4O.2ClH/c1-26(2)13-7-5-4-6-12-23-20-16-9-8-15(22)14-18(16)24-17-10-11-19(27-3)25-21(17)20;;/h8-11,14H,4-7,12-13H2,1-3H3,(H,23,24);2*1H. The highest BCUT2D eigenvalue weighted by molar-refractivity contribution is 6.31. The Bertz CT molecular complexity index is 921. The number of unbranched alkanes of at least 4 members (excludes halogenated alkanes) is 3. The fourth-order valence-corrected chi connectivity index (χ4v) is 3.35. The van der Waals surface area contributed by atoms with Crippen molar-refractivity contribution in [3.63, 3.8) is 0 Å². The van der Waals surface area contributed by atoms with Crippen molar-refractivity contribution in [3.05, 3.63) is 35.4 Å². The van der Waals surface area contributed by atoms with E-state index in [9.17, 15) is 0 Å². The van der Waals surface area contributed by atoms with Crippen LogP contribution in [0.1, 0.15) is 25.7 Å². The van der Waals surface area contributed by atoms with E-state index >= 15 is 0 Å². The van der Waals surface area contributed by atoms with Gasteiger partial charge < -0.3 is 15.0 Å². The Morgan fingerprint density at radius 1 is 0.966 bits per heavy atom. The summed E-state index contributed by atoms with van der Waals surface area (Å²) in [7, 11) is 5.87. The van der Waals surface area contributed by atoms with E-state index in [0.29, 0.717) is 10.9 Å². The summed E-state index contributed by atoms with van der Waals surface area (Å²) in [5.74, 6) is 0.587. The lowest BCUT2D eigenvalue weighted by molar-refractivity contribution is 0.391. The van der Waals surface area contributed by atoms with Gasteiger partial charge in [0, 0.05) is 23.0 Å². The van der Waals surface area contributed by atoms with Crippen molar-refractivity contribution in [2.75, 3.05) is 39.6 Å². The van der Waals surface area contributed by atoms with Gasteiger partial charge in [0.1, 0.15) is 5.52 Å². The van der Waals surface area contributed by atoms with Crippen LogP contribution < -0.4 is 10.1 Å². The zero-order valence-electron chi connectivity index (χ0n) is 17.1. The van der Waals surface area contributed by atoms with Crippen LogP contribution in [0.25, 0.3) is 21.9 Å². The monoisotopic (exact) mass is 458 g/mol. The SMILES string of the molecule is COc1ccc2nc3cc(Cl)ccc3c(NCCCCCCN(C)C)c2n1.Cl.Cl. The lowest BCUT2D eigenvalue weighted by atomic mass is 10.1.